The van der Waals surface area contributed by atoms with Crippen LogP contribution < -0.4 is 16.8 Å². The molecular weight excluding hydrogens is 486 g/mol. The number of nitrogens with two attached hydrogens (primary N) is 2. The van der Waals surface area contributed by atoms with Crippen molar-refractivity contribution in [3.8, 4) is 0 Å². The van der Waals surface area contributed by atoms with Crippen molar-refractivity contribution in [3.63, 3.8) is 0 Å². The van der Waals surface area contributed by atoms with Gasteiger partial charge >= 0.3 is 0 Å². The average Bonchev–Trinajstić information content (AvgIpc) is 3.55. The van der Waals surface area contributed by atoms with Gasteiger partial charge in [0.15, 0.2) is 0 Å². The van der Waals surface area contributed by atoms with Gasteiger partial charge < -0.3 is 26.6 Å². The Morgan fingerprint density at radius 3 is 2.59 bits per heavy atom. The molecule has 4 unspecified atom stereocenters. The fourth-order valence-electron chi connectivity index (χ4n) is 6.37. The maximum atomic E-state index is 13.9. The van der Waals surface area contributed by atoms with E-state index >= 15 is 0 Å². The molecule has 3 heterocycles. The summed E-state index contributed by atoms with van der Waals surface area (Å²) in [5, 5.41) is 3.09. The van der Waals surface area contributed by atoms with Crippen LogP contribution in [-0.4, -0.2) is 96.8 Å². The molecule has 4 atom stereocenters. The molecule has 1 saturated carbocycles. The molecule has 4 rings (SSSR count). The van der Waals surface area contributed by atoms with Crippen molar-refractivity contribution in [2.45, 2.75) is 76.9 Å². The number of carbonyl (C=O) groups is 1. The Balaban J connectivity index is 1.55. The quantitative estimate of drug-likeness (QED) is 0.226. The highest BCUT2D eigenvalue weighted by Crippen LogP contribution is 2.59. The summed E-state index contributed by atoms with van der Waals surface area (Å²) in [4.78, 5) is 26.1. The third-order valence-electron chi connectivity index (χ3n) is 8.97. The van der Waals surface area contributed by atoms with Crippen molar-refractivity contribution >= 4 is 23.7 Å². The standard InChI is InChI=1S/C28H48ClN7O/c1-4-7-9-35-10-8-24(36-13-11-34(6-3)12-14-36)23(19-35)33-27(37)25(26(30)31)22-17-28(5-2)16-20(28)15-21(29)18-32-22/h15,18,21-22,25-26H,4-14,16-17,19,30-31H2,1-3H3,(H,33,37)/b20-15-,32-18-. The Morgan fingerprint density at radius 2 is 1.95 bits per heavy atom. The number of amides is 1. The third kappa shape index (κ3) is 6.77. The van der Waals surface area contributed by atoms with Crippen LogP contribution in [0.3, 0.4) is 0 Å². The molecule has 1 aliphatic carbocycles. The van der Waals surface area contributed by atoms with E-state index in [0.717, 1.165) is 96.6 Å². The van der Waals surface area contributed by atoms with Gasteiger partial charge in [0.1, 0.15) is 0 Å². The van der Waals surface area contributed by atoms with E-state index in [1.807, 2.05) is 0 Å². The second-order valence-electron chi connectivity index (χ2n) is 11.3. The number of halogens is 1. The molecular formula is C28H48ClN7O. The first-order valence-electron chi connectivity index (χ1n) is 14.4. The van der Waals surface area contributed by atoms with E-state index in [-0.39, 0.29) is 22.7 Å². The summed E-state index contributed by atoms with van der Waals surface area (Å²) >= 11 is 6.49. The van der Waals surface area contributed by atoms with Crippen LogP contribution in [0.5, 0.6) is 0 Å². The smallest absolute Gasteiger partial charge is 0.232 e. The fourth-order valence-corrected chi connectivity index (χ4v) is 6.59. The van der Waals surface area contributed by atoms with Crippen LogP contribution in [0.4, 0.5) is 0 Å². The van der Waals surface area contributed by atoms with Crippen molar-refractivity contribution in [1.82, 2.24) is 20.0 Å². The normalized spacial score (nSPS) is 32.3. The number of alkyl halides is 1. The van der Waals surface area contributed by atoms with Crippen LogP contribution in [0, 0.1) is 11.3 Å². The fraction of sp³-hybridized carbons (Fsp3) is 0.786. The van der Waals surface area contributed by atoms with Crippen LogP contribution in [0.25, 0.3) is 0 Å². The number of allylic oxidation sites excluding steroid dienone is 2. The number of hydrogen-bond acceptors (Lipinski definition) is 7. The van der Waals surface area contributed by atoms with Gasteiger partial charge in [0.25, 0.3) is 0 Å². The molecule has 0 aromatic carbocycles. The molecule has 1 amide bonds. The molecule has 0 bridgehead atoms. The Kier molecular flexibility index (Phi) is 9.73. The van der Waals surface area contributed by atoms with E-state index < -0.39 is 12.1 Å². The second kappa shape index (κ2) is 12.6. The van der Waals surface area contributed by atoms with Gasteiger partial charge in [-0.15, -0.1) is 11.6 Å². The summed E-state index contributed by atoms with van der Waals surface area (Å²) in [6.07, 6.45) is 9.16. The molecule has 8 nitrogen and oxygen atoms in total. The second-order valence-corrected chi connectivity index (χ2v) is 11.8. The average molecular weight is 534 g/mol. The molecule has 0 aromatic rings. The maximum absolute atomic E-state index is 13.9. The number of hydrogen-bond donors (Lipinski definition) is 3. The number of piperazine rings is 1. The summed E-state index contributed by atoms with van der Waals surface area (Å²) in [6, 6.07) is -0.288. The van der Waals surface area contributed by atoms with Crippen LogP contribution in [0.1, 0.15) is 59.3 Å². The predicted molar refractivity (Wildman–Crippen MR) is 152 cm³/mol. The van der Waals surface area contributed by atoms with Gasteiger partial charge in [-0.3, -0.25) is 14.7 Å². The highest BCUT2D eigenvalue weighted by molar-refractivity contribution is 6.29. The summed E-state index contributed by atoms with van der Waals surface area (Å²) < 4.78 is 0. The third-order valence-corrected chi connectivity index (χ3v) is 9.21. The monoisotopic (exact) mass is 533 g/mol. The first-order valence-corrected chi connectivity index (χ1v) is 14.9. The van der Waals surface area contributed by atoms with Gasteiger partial charge in [-0.25, -0.2) is 0 Å². The summed E-state index contributed by atoms with van der Waals surface area (Å²) in [5.74, 6) is -0.724. The number of carbonyl (C=O) groups excluding carboxylic acids is 1. The lowest BCUT2D eigenvalue weighted by molar-refractivity contribution is -0.125. The first kappa shape index (κ1) is 28.6. The van der Waals surface area contributed by atoms with Gasteiger partial charge in [0.2, 0.25) is 5.91 Å². The highest BCUT2D eigenvalue weighted by Gasteiger charge is 2.51. The lowest BCUT2D eigenvalue weighted by Crippen LogP contribution is -2.54. The van der Waals surface area contributed by atoms with Gasteiger partial charge in [-0.1, -0.05) is 38.8 Å². The Morgan fingerprint density at radius 1 is 1.19 bits per heavy atom. The first-order chi connectivity index (χ1) is 17.8. The SMILES string of the molecule is CCCCN1CCC(N2CCN(CC)CC2)=C(NC(=O)C(C(N)N)C2CC3(CC)C/C3=C/C(Cl)/C=N\2)C1. The Bertz CT molecular complexity index is 895. The van der Waals surface area contributed by atoms with E-state index in [4.69, 9.17) is 28.1 Å². The zero-order chi connectivity index (χ0) is 26.6. The molecule has 0 radical (unpaired) electrons. The van der Waals surface area contributed by atoms with Crippen molar-refractivity contribution in [2.75, 3.05) is 52.4 Å². The molecule has 4 aliphatic rings. The number of aliphatic imine (C=N–C) groups is 1. The van der Waals surface area contributed by atoms with Gasteiger partial charge in [-0.2, -0.15) is 0 Å². The summed E-state index contributed by atoms with van der Waals surface area (Å²) in [6.45, 7) is 14.7. The molecule has 208 valence electrons. The number of fused-ring (bicyclic) bond motifs is 1. The van der Waals surface area contributed by atoms with Crippen LogP contribution in [0.15, 0.2) is 28.0 Å². The van der Waals surface area contributed by atoms with Gasteiger partial charge in [0, 0.05) is 57.6 Å². The zero-order valence-electron chi connectivity index (χ0n) is 23.1. The van der Waals surface area contributed by atoms with E-state index in [0.29, 0.717) is 0 Å². The number of nitrogens with one attached hydrogen (secondary N) is 1. The number of nitrogens with zero attached hydrogens (tertiary/aromatic N) is 4. The van der Waals surface area contributed by atoms with Crippen LogP contribution in [0.2, 0.25) is 0 Å². The molecule has 0 aromatic heterocycles. The van der Waals surface area contributed by atoms with Gasteiger partial charge in [0.05, 0.1) is 29.2 Å². The molecule has 2 fully saturated rings. The maximum Gasteiger partial charge on any atom is 0.232 e. The zero-order valence-corrected chi connectivity index (χ0v) is 23.8. The largest absolute Gasteiger partial charge is 0.371 e. The van der Waals surface area contributed by atoms with Crippen molar-refractivity contribution in [3.05, 3.63) is 23.0 Å². The molecule has 5 N–H and O–H groups in total. The molecule has 0 spiro atoms. The number of likely N-dealkylation sites (N-methyl/N-ethyl adjacent to an activating group) is 1. The van der Waals surface area contributed by atoms with Crippen LogP contribution in [-0.2, 0) is 4.79 Å². The van der Waals surface area contributed by atoms with E-state index in [1.165, 1.54) is 11.3 Å². The molecule has 1 saturated heterocycles. The highest BCUT2D eigenvalue weighted by atomic mass is 35.5. The van der Waals surface area contributed by atoms with Crippen molar-refractivity contribution in [1.29, 1.82) is 0 Å². The van der Waals surface area contributed by atoms with Gasteiger partial charge in [-0.05, 0) is 44.2 Å². The summed E-state index contributed by atoms with van der Waals surface area (Å²) in [5.41, 5.74) is 16.3. The minimum atomic E-state index is -0.799. The van der Waals surface area contributed by atoms with E-state index in [2.05, 4.69) is 46.9 Å². The predicted octanol–water partition coefficient (Wildman–Crippen LogP) is 2.49. The van der Waals surface area contributed by atoms with Crippen LogP contribution >= 0.6 is 11.6 Å². The number of unbranched alkanes of at least 4 members (excludes halogenated alkanes) is 1. The van der Waals surface area contributed by atoms with Crippen molar-refractivity contribution < 1.29 is 4.79 Å². The minimum absolute atomic E-state index is 0.0775. The van der Waals surface area contributed by atoms with Crippen molar-refractivity contribution in [2.24, 2.45) is 27.8 Å². The molecule has 37 heavy (non-hydrogen) atoms. The van der Waals surface area contributed by atoms with E-state index in [1.54, 1.807) is 6.21 Å². The lowest BCUT2D eigenvalue weighted by atomic mass is 9.84. The topological polar surface area (TPSA) is 103 Å². The summed E-state index contributed by atoms with van der Waals surface area (Å²) in [7, 11) is 0. The lowest BCUT2D eigenvalue weighted by Gasteiger charge is -2.41. The number of rotatable bonds is 10. The Hall–Kier alpha value is -1.45. The molecule has 9 heteroatoms. The van der Waals surface area contributed by atoms with E-state index in [9.17, 15) is 4.79 Å². The molecule has 3 aliphatic heterocycles. The Labute approximate surface area is 228 Å². The minimum Gasteiger partial charge on any atom is -0.371 e.